The van der Waals surface area contributed by atoms with E-state index < -0.39 is 0 Å². The Morgan fingerprint density at radius 1 is 0.895 bits per heavy atom. The van der Waals surface area contributed by atoms with Gasteiger partial charge >= 0.3 is 0 Å². The summed E-state index contributed by atoms with van der Waals surface area (Å²) in [5.41, 5.74) is 4.47. The molecule has 0 aliphatic rings. The van der Waals surface area contributed by atoms with E-state index >= 15 is 0 Å². The molecule has 0 saturated heterocycles. The molecule has 2 amide bonds. The highest BCUT2D eigenvalue weighted by Gasteiger charge is 2.21. The molecule has 0 bridgehead atoms. The average Bonchev–Trinajstić information content (AvgIpc) is 2.86. The summed E-state index contributed by atoms with van der Waals surface area (Å²) in [7, 11) is 3.69. The van der Waals surface area contributed by atoms with E-state index in [1.807, 2.05) is 55.4 Å². The highest BCUT2D eigenvalue weighted by atomic mass is 16.2. The predicted octanol–water partition coefficient (Wildman–Crippen LogP) is 5.29. The molecule has 0 fully saturated rings. The normalized spacial score (nSPS) is 11.4. The van der Waals surface area contributed by atoms with Gasteiger partial charge in [-0.25, -0.2) is 4.98 Å². The van der Waals surface area contributed by atoms with Gasteiger partial charge in [-0.2, -0.15) is 0 Å². The van der Waals surface area contributed by atoms with Gasteiger partial charge in [0.25, 0.3) is 5.91 Å². The van der Waals surface area contributed by atoms with Crippen LogP contribution in [0.1, 0.15) is 42.3 Å². The molecule has 2 aromatic carbocycles. The lowest BCUT2D eigenvalue weighted by Crippen LogP contribution is -2.28. The number of rotatable bonds is 8. The number of pyridine rings is 2. The van der Waals surface area contributed by atoms with E-state index in [2.05, 4.69) is 52.8 Å². The number of anilines is 3. The summed E-state index contributed by atoms with van der Waals surface area (Å²) in [6.45, 7) is 7.02. The molecular weight excluding hydrogens is 476 g/mol. The first-order valence-corrected chi connectivity index (χ1v) is 12.5. The SMILES string of the molecule is CN(C)CC(=O)Nc1cc(NC(=O)c2cccnc2NCc2ccc3ncccc3c2)ccc1C(C)(C)C. The third-order valence-corrected chi connectivity index (χ3v) is 6.00. The van der Waals surface area contributed by atoms with Gasteiger partial charge in [-0.15, -0.1) is 0 Å². The van der Waals surface area contributed by atoms with Gasteiger partial charge in [0.05, 0.1) is 17.6 Å². The van der Waals surface area contributed by atoms with Gasteiger partial charge in [0.15, 0.2) is 0 Å². The minimum atomic E-state index is -0.294. The first-order valence-electron chi connectivity index (χ1n) is 12.5. The molecule has 0 saturated carbocycles. The molecule has 8 nitrogen and oxygen atoms in total. The number of hydrogen-bond donors (Lipinski definition) is 3. The summed E-state index contributed by atoms with van der Waals surface area (Å²) >= 11 is 0. The van der Waals surface area contributed by atoms with Crippen LogP contribution in [0.25, 0.3) is 10.9 Å². The molecular formula is C30H34N6O2. The fourth-order valence-corrected chi connectivity index (χ4v) is 4.21. The second-order valence-corrected chi connectivity index (χ2v) is 10.5. The van der Waals surface area contributed by atoms with Gasteiger partial charge in [0.1, 0.15) is 5.82 Å². The summed E-state index contributed by atoms with van der Waals surface area (Å²) in [4.78, 5) is 36.4. The number of carbonyl (C=O) groups excluding carboxylic acids is 2. The molecule has 0 spiro atoms. The number of nitrogens with zero attached hydrogens (tertiary/aromatic N) is 3. The topological polar surface area (TPSA) is 99.3 Å². The zero-order chi connectivity index (χ0) is 27.3. The van der Waals surface area contributed by atoms with Crippen molar-refractivity contribution in [2.75, 3.05) is 36.6 Å². The number of carbonyl (C=O) groups is 2. The highest BCUT2D eigenvalue weighted by molar-refractivity contribution is 6.08. The Balaban J connectivity index is 1.52. The van der Waals surface area contributed by atoms with Crippen molar-refractivity contribution in [2.45, 2.75) is 32.7 Å². The lowest BCUT2D eigenvalue weighted by atomic mass is 9.85. The molecule has 38 heavy (non-hydrogen) atoms. The second-order valence-electron chi connectivity index (χ2n) is 10.5. The van der Waals surface area contributed by atoms with Gasteiger partial charge in [-0.05, 0) is 73.1 Å². The standard InChI is InChI=1S/C30H34N6O2/c1-30(2,3)24-12-11-22(17-26(24)35-27(37)19-36(4)5)34-29(38)23-9-7-15-32-28(23)33-18-20-10-13-25-21(16-20)8-6-14-31-25/h6-17H,18-19H2,1-5H3,(H,32,33)(H,34,38)(H,35,37). The summed E-state index contributed by atoms with van der Waals surface area (Å²) in [5.74, 6) is 0.0756. The van der Waals surface area contributed by atoms with Crippen LogP contribution in [0, 0.1) is 0 Å². The average molecular weight is 511 g/mol. The second kappa shape index (κ2) is 11.4. The molecule has 0 aliphatic carbocycles. The maximum absolute atomic E-state index is 13.3. The van der Waals surface area contributed by atoms with Crippen LogP contribution in [0.2, 0.25) is 0 Å². The number of benzene rings is 2. The van der Waals surface area contributed by atoms with E-state index in [-0.39, 0.29) is 23.8 Å². The quantitative estimate of drug-likeness (QED) is 0.298. The van der Waals surface area contributed by atoms with Crippen LogP contribution in [-0.2, 0) is 16.8 Å². The zero-order valence-electron chi connectivity index (χ0n) is 22.5. The Morgan fingerprint density at radius 2 is 1.66 bits per heavy atom. The zero-order valence-corrected chi connectivity index (χ0v) is 22.5. The molecule has 0 aliphatic heterocycles. The number of amides is 2. The largest absolute Gasteiger partial charge is 0.365 e. The summed E-state index contributed by atoms with van der Waals surface area (Å²) < 4.78 is 0. The molecule has 4 aromatic rings. The summed E-state index contributed by atoms with van der Waals surface area (Å²) in [6.07, 6.45) is 3.43. The minimum Gasteiger partial charge on any atom is -0.365 e. The van der Waals surface area contributed by atoms with Crippen LogP contribution in [0.15, 0.2) is 73.1 Å². The van der Waals surface area contributed by atoms with Crippen molar-refractivity contribution in [1.82, 2.24) is 14.9 Å². The molecule has 0 radical (unpaired) electrons. The number of nitrogens with one attached hydrogen (secondary N) is 3. The van der Waals surface area contributed by atoms with Crippen LogP contribution in [-0.4, -0.2) is 47.3 Å². The summed E-state index contributed by atoms with van der Waals surface area (Å²) in [6, 6.07) is 19.1. The van der Waals surface area contributed by atoms with Crippen LogP contribution >= 0.6 is 0 Å². The molecule has 0 unspecified atom stereocenters. The molecule has 2 aromatic heterocycles. The number of fused-ring (bicyclic) bond motifs is 1. The van der Waals surface area contributed by atoms with Crippen molar-refractivity contribution in [3.63, 3.8) is 0 Å². The van der Waals surface area contributed by atoms with E-state index in [4.69, 9.17) is 0 Å². The van der Waals surface area contributed by atoms with Crippen LogP contribution in [0.3, 0.4) is 0 Å². The van der Waals surface area contributed by atoms with Crippen molar-refractivity contribution in [3.8, 4) is 0 Å². The lowest BCUT2D eigenvalue weighted by molar-refractivity contribution is -0.116. The van der Waals surface area contributed by atoms with E-state index in [1.165, 1.54) is 0 Å². The van der Waals surface area contributed by atoms with Crippen molar-refractivity contribution in [1.29, 1.82) is 0 Å². The van der Waals surface area contributed by atoms with Crippen LogP contribution in [0.5, 0.6) is 0 Å². The van der Waals surface area contributed by atoms with E-state index in [0.717, 1.165) is 22.0 Å². The third-order valence-electron chi connectivity index (χ3n) is 6.00. The van der Waals surface area contributed by atoms with Crippen molar-refractivity contribution < 1.29 is 9.59 Å². The fraction of sp³-hybridized carbons (Fsp3) is 0.267. The predicted molar refractivity (Wildman–Crippen MR) is 154 cm³/mol. The van der Waals surface area contributed by atoms with Gasteiger partial charge in [0, 0.05) is 35.7 Å². The van der Waals surface area contributed by atoms with Gasteiger partial charge in [-0.1, -0.05) is 39.0 Å². The highest BCUT2D eigenvalue weighted by Crippen LogP contribution is 2.32. The van der Waals surface area contributed by atoms with Crippen molar-refractivity contribution in [2.24, 2.45) is 0 Å². The van der Waals surface area contributed by atoms with Gasteiger partial charge < -0.3 is 20.9 Å². The monoisotopic (exact) mass is 510 g/mol. The van der Waals surface area contributed by atoms with Crippen LogP contribution in [0.4, 0.5) is 17.2 Å². The Kier molecular flexibility index (Phi) is 8.02. The molecule has 0 atom stereocenters. The molecule has 196 valence electrons. The first kappa shape index (κ1) is 26.8. The minimum absolute atomic E-state index is 0.118. The van der Waals surface area contributed by atoms with E-state index in [9.17, 15) is 9.59 Å². The fourth-order valence-electron chi connectivity index (χ4n) is 4.21. The maximum Gasteiger partial charge on any atom is 0.259 e. The molecule has 2 heterocycles. The number of likely N-dealkylation sites (N-methyl/N-ethyl adjacent to an activating group) is 1. The number of aromatic nitrogens is 2. The van der Waals surface area contributed by atoms with Crippen molar-refractivity contribution in [3.05, 3.63) is 89.7 Å². The Hall–Kier alpha value is -4.30. The van der Waals surface area contributed by atoms with E-state index in [1.54, 1.807) is 30.6 Å². The maximum atomic E-state index is 13.3. The lowest BCUT2D eigenvalue weighted by Gasteiger charge is -2.24. The molecule has 4 rings (SSSR count). The smallest absolute Gasteiger partial charge is 0.259 e. The Bertz CT molecular complexity index is 1460. The van der Waals surface area contributed by atoms with Gasteiger partial charge in [0.2, 0.25) is 5.91 Å². The first-order chi connectivity index (χ1) is 18.1. The van der Waals surface area contributed by atoms with Crippen LogP contribution < -0.4 is 16.0 Å². The Labute approximate surface area is 223 Å². The summed E-state index contributed by atoms with van der Waals surface area (Å²) in [5, 5.41) is 10.3. The van der Waals surface area contributed by atoms with E-state index in [0.29, 0.717) is 29.3 Å². The van der Waals surface area contributed by atoms with Crippen molar-refractivity contribution >= 4 is 39.9 Å². The molecule has 3 N–H and O–H groups in total. The number of hydrogen-bond acceptors (Lipinski definition) is 6. The molecule has 8 heteroatoms. The third kappa shape index (κ3) is 6.72. The Morgan fingerprint density at radius 3 is 2.42 bits per heavy atom. The van der Waals surface area contributed by atoms with Gasteiger partial charge in [-0.3, -0.25) is 14.6 Å².